The van der Waals surface area contributed by atoms with Crippen LogP contribution in [0.25, 0.3) is 0 Å². The molecule has 1 aromatic carbocycles. The Morgan fingerprint density at radius 3 is 2.71 bits per heavy atom. The number of rotatable bonds is 4. The summed E-state index contributed by atoms with van der Waals surface area (Å²) < 4.78 is 5.70. The molecule has 0 aliphatic heterocycles. The molecule has 0 radical (unpaired) electrons. The number of thiazole rings is 1. The summed E-state index contributed by atoms with van der Waals surface area (Å²) in [5, 5.41) is 9.99. The van der Waals surface area contributed by atoms with Gasteiger partial charge in [0, 0.05) is 0 Å². The number of aliphatic hydroxyl groups is 1. The summed E-state index contributed by atoms with van der Waals surface area (Å²) in [6, 6.07) is 7.90. The highest BCUT2D eigenvalue weighted by molar-refractivity contribution is 7.11. The summed E-state index contributed by atoms with van der Waals surface area (Å²) in [5.41, 5.74) is 2.00. The quantitative estimate of drug-likeness (QED) is 0.906. The second kappa shape index (κ2) is 5.29. The van der Waals surface area contributed by atoms with E-state index in [1.807, 2.05) is 38.1 Å². The lowest BCUT2D eigenvalue weighted by atomic mass is 10.2. The van der Waals surface area contributed by atoms with Crippen molar-refractivity contribution < 1.29 is 9.84 Å². The van der Waals surface area contributed by atoms with Gasteiger partial charge in [-0.1, -0.05) is 18.2 Å². The van der Waals surface area contributed by atoms with E-state index in [9.17, 15) is 0 Å². The predicted octanol–water partition coefficient (Wildman–Crippen LogP) is 2.83. The molecule has 1 N–H and O–H groups in total. The summed E-state index contributed by atoms with van der Waals surface area (Å²) in [6.07, 6.45) is 0. The zero-order valence-corrected chi connectivity index (χ0v) is 10.8. The smallest absolute Gasteiger partial charge is 0.140 e. The van der Waals surface area contributed by atoms with Crippen molar-refractivity contribution in [1.82, 2.24) is 4.98 Å². The number of benzene rings is 1. The van der Waals surface area contributed by atoms with E-state index in [-0.39, 0.29) is 6.61 Å². The van der Waals surface area contributed by atoms with Gasteiger partial charge in [-0.25, -0.2) is 4.98 Å². The van der Waals surface area contributed by atoms with Crippen LogP contribution in [0.3, 0.4) is 0 Å². The Morgan fingerprint density at radius 1 is 1.29 bits per heavy atom. The van der Waals surface area contributed by atoms with Crippen LogP contribution in [-0.2, 0) is 13.2 Å². The van der Waals surface area contributed by atoms with Crippen molar-refractivity contribution >= 4 is 11.3 Å². The molecule has 0 saturated carbocycles. The average Bonchev–Trinajstić information content (AvgIpc) is 2.69. The van der Waals surface area contributed by atoms with Gasteiger partial charge in [0.15, 0.2) is 0 Å². The molecule has 1 heterocycles. The highest BCUT2D eigenvalue weighted by Crippen LogP contribution is 2.21. The first kappa shape index (κ1) is 12.1. The number of hydrogen-bond donors (Lipinski definition) is 1. The van der Waals surface area contributed by atoms with Gasteiger partial charge in [-0.2, -0.15) is 0 Å². The van der Waals surface area contributed by atoms with Crippen molar-refractivity contribution in [2.24, 2.45) is 0 Å². The van der Waals surface area contributed by atoms with Crippen LogP contribution in [0.4, 0.5) is 0 Å². The van der Waals surface area contributed by atoms with Gasteiger partial charge >= 0.3 is 0 Å². The molecular formula is C13H15NO2S. The Kier molecular flexibility index (Phi) is 3.76. The molecule has 3 nitrogen and oxygen atoms in total. The topological polar surface area (TPSA) is 42.4 Å². The fourth-order valence-electron chi connectivity index (χ4n) is 1.55. The van der Waals surface area contributed by atoms with Gasteiger partial charge < -0.3 is 9.84 Å². The van der Waals surface area contributed by atoms with Crippen molar-refractivity contribution in [2.75, 3.05) is 0 Å². The summed E-state index contributed by atoms with van der Waals surface area (Å²) in [7, 11) is 0. The highest BCUT2D eigenvalue weighted by atomic mass is 32.1. The third kappa shape index (κ3) is 2.84. The molecule has 2 aromatic rings. The lowest BCUT2D eigenvalue weighted by Gasteiger charge is -2.06. The predicted molar refractivity (Wildman–Crippen MR) is 68.3 cm³/mol. The van der Waals surface area contributed by atoms with Crippen molar-refractivity contribution in [3.05, 3.63) is 45.4 Å². The summed E-state index contributed by atoms with van der Waals surface area (Å²) in [4.78, 5) is 5.27. The fraction of sp³-hybridized carbons (Fsp3) is 0.308. The molecule has 0 amide bonds. The number of aryl methyl sites for hydroxylation is 2. The molecule has 90 valence electrons. The second-order valence-corrected chi connectivity index (χ2v) is 5.00. The first-order valence-electron chi connectivity index (χ1n) is 5.45. The Hall–Kier alpha value is -1.39. The van der Waals surface area contributed by atoms with Gasteiger partial charge in [0.2, 0.25) is 0 Å². The summed E-state index contributed by atoms with van der Waals surface area (Å²) >= 11 is 1.50. The molecular weight excluding hydrogens is 234 g/mol. The minimum absolute atomic E-state index is 0.0495. The van der Waals surface area contributed by atoms with E-state index >= 15 is 0 Å². The Morgan fingerprint density at radius 2 is 2.06 bits per heavy atom. The van der Waals surface area contributed by atoms with Gasteiger partial charge in [-0.05, 0) is 25.5 Å². The SMILES string of the molecule is Cc1ccccc1OCc1nc(C)c(CO)s1. The first-order chi connectivity index (χ1) is 8.20. The zero-order valence-electron chi connectivity index (χ0n) is 9.93. The second-order valence-electron chi connectivity index (χ2n) is 3.83. The molecule has 0 fully saturated rings. The van der Waals surface area contributed by atoms with E-state index in [1.54, 1.807) is 0 Å². The van der Waals surface area contributed by atoms with E-state index in [0.717, 1.165) is 26.9 Å². The molecule has 4 heteroatoms. The molecule has 0 atom stereocenters. The van der Waals surface area contributed by atoms with Crippen LogP contribution in [0.15, 0.2) is 24.3 Å². The maximum Gasteiger partial charge on any atom is 0.140 e. The molecule has 0 aliphatic carbocycles. The third-order valence-corrected chi connectivity index (χ3v) is 3.64. The molecule has 0 spiro atoms. The normalized spacial score (nSPS) is 10.5. The number of nitrogens with zero attached hydrogens (tertiary/aromatic N) is 1. The minimum Gasteiger partial charge on any atom is -0.486 e. The van der Waals surface area contributed by atoms with Crippen LogP contribution >= 0.6 is 11.3 Å². The van der Waals surface area contributed by atoms with E-state index in [0.29, 0.717) is 6.61 Å². The van der Waals surface area contributed by atoms with Crippen LogP contribution in [0.2, 0.25) is 0 Å². The van der Waals surface area contributed by atoms with E-state index in [1.165, 1.54) is 11.3 Å². The standard InChI is InChI=1S/C13H15NO2S/c1-9-5-3-4-6-11(9)16-8-13-14-10(2)12(7-15)17-13/h3-6,15H,7-8H2,1-2H3. The van der Waals surface area contributed by atoms with E-state index in [2.05, 4.69) is 4.98 Å². The Bertz CT molecular complexity index is 508. The van der Waals surface area contributed by atoms with Crippen molar-refractivity contribution in [1.29, 1.82) is 0 Å². The molecule has 0 unspecified atom stereocenters. The maximum atomic E-state index is 9.09. The van der Waals surface area contributed by atoms with E-state index < -0.39 is 0 Å². The van der Waals surface area contributed by atoms with Gasteiger partial charge in [0.05, 0.1) is 17.2 Å². The molecule has 2 rings (SSSR count). The molecule has 1 aromatic heterocycles. The number of ether oxygens (including phenoxy) is 1. The molecule has 0 aliphatic rings. The fourth-order valence-corrected chi connectivity index (χ4v) is 2.40. The molecule has 0 bridgehead atoms. The first-order valence-corrected chi connectivity index (χ1v) is 6.27. The van der Waals surface area contributed by atoms with Crippen LogP contribution in [0.5, 0.6) is 5.75 Å². The minimum atomic E-state index is 0.0495. The highest BCUT2D eigenvalue weighted by Gasteiger charge is 2.07. The van der Waals surface area contributed by atoms with Crippen molar-refractivity contribution in [3.8, 4) is 5.75 Å². The number of aromatic nitrogens is 1. The van der Waals surface area contributed by atoms with Crippen LogP contribution in [-0.4, -0.2) is 10.1 Å². The Balaban J connectivity index is 2.05. The van der Waals surface area contributed by atoms with Crippen LogP contribution < -0.4 is 4.74 Å². The number of para-hydroxylation sites is 1. The maximum absolute atomic E-state index is 9.09. The lowest BCUT2D eigenvalue weighted by Crippen LogP contribution is -1.96. The van der Waals surface area contributed by atoms with Gasteiger partial charge in [0.25, 0.3) is 0 Å². The number of aliphatic hydroxyl groups excluding tert-OH is 1. The molecule has 0 saturated heterocycles. The van der Waals surface area contributed by atoms with E-state index in [4.69, 9.17) is 9.84 Å². The van der Waals surface area contributed by atoms with Gasteiger partial charge in [0.1, 0.15) is 17.4 Å². The van der Waals surface area contributed by atoms with Crippen molar-refractivity contribution in [2.45, 2.75) is 27.1 Å². The van der Waals surface area contributed by atoms with Crippen LogP contribution in [0.1, 0.15) is 21.1 Å². The van der Waals surface area contributed by atoms with Gasteiger partial charge in [-0.15, -0.1) is 11.3 Å². The Labute approximate surface area is 105 Å². The summed E-state index contributed by atoms with van der Waals surface area (Å²) in [6.45, 7) is 4.42. The van der Waals surface area contributed by atoms with Gasteiger partial charge in [-0.3, -0.25) is 0 Å². The van der Waals surface area contributed by atoms with Crippen LogP contribution in [0, 0.1) is 13.8 Å². The average molecular weight is 249 g/mol. The largest absolute Gasteiger partial charge is 0.486 e. The van der Waals surface area contributed by atoms with Crippen molar-refractivity contribution in [3.63, 3.8) is 0 Å². The lowest BCUT2D eigenvalue weighted by molar-refractivity contribution is 0.284. The number of hydrogen-bond acceptors (Lipinski definition) is 4. The summed E-state index contributed by atoms with van der Waals surface area (Å²) in [5.74, 6) is 0.880. The molecule has 17 heavy (non-hydrogen) atoms. The zero-order chi connectivity index (χ0) is 12.3. The third-order valence-electron chi connectivity index (χ3n) is 2.53. The monoisotopic (exact) mass is 249 g/mol.